The Hall–Kier alpha value is -2.25. The van der Waals surface area contributed by atoms with E-state index in [2.05, 4.69) is 9.80 Å². The summed E-state index contributed by atoms with van der Waals surface area (Å²) >= 11 is 0. The lowest BCUT2D eigenvalue weighted by molar-refractivity contribution is -0.137. The first-order valence-electron chi connectivity index (χ1n) is 9.31. The molecule has 1 N–H and O–H groups in total. The average Bonchev–Trinajstić information content (AvgIpc) is 2.68. The van der Waals surface area contributed by atoms with E-state index in [1.54, 1.807) is 7.11 Å². The van der Waals surface area contributed by atoms with Crippen molar-refractivity contribution in [2.75, 3.05) is 44.7 Å². The van der Waals surface area contributed by atoms with E-state index < -0.39 is 17.8 Å². The number of aliphatic hydroxyl groups is 1. The quantitative estimate of drug-likeness (QED) is 0.814. The van der Waals surface area contributed by atoms with Gasteiger partial charge in [-0.1, -0.05) is 24.3 Å². The number of piperazine rings is 1. The zero-order valence-corrected chi connectivity index (χ0v) is 15.8. The number of alkyl halides is 3. The Morgan fingerprint density at radius 3 is 2.25 bits per heavy atom. The van der Waals surface area contributed by atoms with E-state index in [-0.39, 0.29) is 0 Å². The fourth-order valence-electron chi connectivity index (χ4n) is 3.53. The maximum absolute atomic E-state index is 12.6. The number of para-hydroxylation sites is 2. The van der Waals surface area contributed by atoms with Gasteiger partial charge >= 0.3 is 6.18 Å². The van der Waals surface area contributed by atoms with Crippen LogP contribution in [0.25, 0.3) is 0 Å². The first kappa shape index (κ1) is 20.5. The Balaban J connectivity index is 1.49. The molecule has 0 amide bonds. The molecule has 28 heavy (non-hydrogen) atoms. The molecular formula is C21H25F3N2O2. The van der Waals surface area contributed by atoms with Crippen molar-refractivity contribution in [3.05, 3.63) is 59.7 Å². The van der Waals surface area contributed by atoms with Crippen LogP contribution in [-0.2, 0) is 12.6 Å². The molecule has 1 saturated heterocycles. The standard InChI is InChI=1S/C21H25F3N2O2/c1-28-20-5-3-2-4-19(20)26-12-10-25(11-13-26)15-18(27)14-16-6-8-17(9-7-16)21(22,23)24/h2-9,18,27H,10-15H2,1H3/t18-/m1/s1. The third-order valence-corrected chi connectivity index (χ3v) is 5.02. The van der Waals surface area contributed by atoms with E-state index in [4.69, 9.17) is 4.74 Å². The topological polar surface area (TPSA) is 35.9 Å². The Bertz CT molecular complexity index is 757. The maximum atomic E-state index is 12.6. The molecule has 0 aromatic heterocycles. The Labute approximate surface area is 163 Å². The summed E-state index contributed by atoms with van der Waals surface area (Å²) in [6.07, 6.45) is -4.61. The normalized spacial score (nSPS) is 16.8. The smallest absolute Gasteiger partial charge is 0.416 e. The van der Waals surface area contributed by atoms with E-state index in [0.717, 1.165) is 49.7 Å². The molecule has 0 bridgehead atoms. The number of hydrogen-bond donors (Lipinski definition) is 1. The minimum absolute atomic E-state index is 0.338. The highest BCUT2D eigenvalue weighted by Crippen LogP contribution is 2.30. The van der Waals surface area contributed by atoms with E-state index in [9.17, 15) is 18.3 Å². The van der Waals surface area contributed by atoms with Gasteiger partial charge in [-0.15, -0.1) is 0 Å². The molecule has 0 saturated carbocycles. The summed E-state index contributed by atoms with van der Waals surface area (Å²) in [6.45, 7) is 3.77. The molecule has 2 aromatic rings. The van der Waals surface area contributed by atoms with Crippen LogP contribution in [0.4, 0.5) is 18.9 Å². The van der Waals surface area contributed by atoms with Crippen LogP contribution < -0.4 is 9.64 Å². The highest BCUT2D eigenvalue weighted by atomic mass is 19.4. The van der Waals surface area contributed by atoms with Crippen molar-refractivity contribution >= 4 is 5.69 Å². The van der Waals surface area contributed by atoms with Gasteiger partial charge < -0.3 is 14.7 Å². The van der Waals surface area contributed by atoms with Gasteiger partial charge in [0.1, 0.15) is 5.75 Å². The molecule has 1 atom stereocenters. The number of halogens is 3. The number of benzene rings is 2. The summed E-state index contributed by atoms with van der Waals surface area (Å²) < 4.78 is 43.3. The van der Waals surface area contributed by atoms with Gasteiger partial charge in [0, 0.05) is 32.7 Å². The molecule has 1 heterocycles. The number of methoxy groups -OCH3 is 1. The minimum atomic E-state index is -4.34. The number of rotatable bonds is 6. The highest BCUT2D eigenvalue weighted by molar-refractivity contribution is 5.58. The third-order valence-electron chi connectivity index (χ3n) is 5.02. The zero-order chi connectivity index (χ0) is 20.1. The summed E-state index contributed by atoms with van der Waals surface area (Å²) in [5, 5.41) is 10.4. The van der Waals surface area contributed by atoms with Crippen molar-refractivity contribution in [2.24, 2.45) is 0 Å². The molecule has 4 nitrogen and oxygen atoms in total. The van der Waals surface area contributed by atoms with Crippen LogP contribution in [0.2, 0.25) is 0 Å². The van der Waals surface area contributed by atoms with Gasteiger partial charge in [-0.05, 0) is 36.2 Å². The largest absolute Gasteiger partial charge is 0.495 e. The fraction of sp³-hybridized carbons (Fsp3) is 0.429. The lowest BCUT2D eigenvalue weighted by atomic mass is 10.0. The van der Waals surface area contributed by atoms with Gasteiger partial charge in [0.25, 0.3) is 0 Å². The summed E-state index contributed by atoms with van der Waals surface area (Å²) in [6, 6.07) is 12.9. The molecular weight excluding hydrogens is 369 g/mol. The molecule has 0 spiro atoms. The van der Waals surface area contributed by atoms with E-state index in [1.807, 2.05) is 24.3 Å². The van der Waals surface area contributed by atoms with Crippen molar-refractivity contribution in [1.82, 2.24) is 4.90 Å². The molecule has 2 aromatic carbocycles. The van der Waals surface area contributed by atoms with Gasteiger partial charge in [0.2, 0.25) is 0 Å². The second-order valence-corrected chi connectivity index (χ2v) is 7.01. The second-order valence-electron chi connectivity index (χ2n) is 7.01. The molecule has 7 heteroatoms. The lowest BCUT2D eigenvalue weighted by Crippen LogP contribution is -2.48. The fourth-order valence-corrected chi connectivity index (χ4v) is 3.53. The monoisotopic (exact) mass is 394 g/mol. The number of anilines is 1. The SMILES string of the molecule is COc1ccccc1N1CCN(C[C@H](O)Cc2ccc(C(F)(F)F)cc2)CC1. The number of hydrogen-bond acceptors (Lipinski definition) is 4. The van der Waals surface area contributed by atoms with Crippen LogP contribution in [0.5, 0.6) is 5.75 Å². The second kappa shape index (κ2) is 8.84. The van der Waals surface area contributed by atoms with Crippen LogP contribution in [0.3, 0.4) is 0 Å². The van der Waals surface area contributed by atoms with Crippen LogP contribution in [0.1, 0.15) is 11.1 Å². The van der Waals surface area contributed by atoms with Crippen molar-refractivity contribution in [1.29, 1.82) is 0 Å². The van der Waals surface area contributed by atoms with Crippen LogP contribution in [-0.4, -0.2) is 55.9 Å². The predicted molar refractivity (Wildman–Crippen MR) is 103 cm³/mol. The van der Waals surface area contributed by atoms with Gasteiger partial charge in [0.15, 0.2) is 0 Å². The number of nitrogens with zero attached hydrogens (tertiary/aromatic N) is 2. The van der Waals surface area contributed by atoms with Crippen LogP contribution in [0.15, 0.2) is 48.5 Å². The molecule has 152 valence electrons. The molecule has 3 rings (SSSR count). The maximum Gasteiger partial charge on any atom is 0.416 e. The van der Waals surface area contributed by atoms with Crippen molar-refractivity contribution < 1.29 is 23.0 Å². The third kappa shape index (κ3) is 5.17. The molecule has 1 aliphatic rings. The number of ether oxygens (including phenoxy) is 1. The van der Waals surface area contributed by atoms with Gasteiger partial charge in [-0.3, -0.25) is 4.90 Å². The van der Waals surface area contributed by atoms with E-state index in [1.165, 1.54) is 12.1 Å². The van der Waals surface area contributed by atoms with Gasteiger partial charge in [0.05, 0.1) is 24.5 Å². The summed E-state index contributed by atoms with van der Waals surface area (Å²) in [5.41, 5.74) is 1.10. The van der Waals surface area contributed by atoms with Crippen molar-refractivity contribution in [3.63, 3.8) is 0 Å². The Morgan fingerprint density at radius 2 is 1.64 bits per heavy atom. The summed E-state index contributed by atoms with van der Waals surface area (Å²) in [5.74, 6) is 0.846. The van der Waals surface area contributed by atoms with E-state index in [0.29, 0.717) is 18.5 Å². The lowest BCUT2D eigenvalue weighted by Gasteiger charge is -2.37. The summed E-state index contributed by atoms with van der Waals surface area (Å²) in [7, 11) is 1.66. The highest BCUT2D eigenvalue weighted by Gasteiger charge is 2.30. The minimum Gasteiger partial charge on any atom is -0.495 e. The van der Waals surface area contributed by atoms with Crippen molar-refractivity contribution in [2.45, 2.75) is 18.7 Å². The van der Waals surface area contributed by atoms with Crippen LogP contribution in [0, 0.1) is 0 Å². The Morgan fingerprint density at radius 1 is 1.00 bits per heavy atom. The molecule has 0 radical (unpaired) electrons. The number of β-amino-alcohol motifs (C(OH)–C–C–N with tert-alkyl or cyclic N) is 1. The first-order chi connectivity index (χ1) is 13.4. The molecule has 1 fully saturated rings. The average molecular weight is 394 g/mol. The Kier molecular flexibility index (Phi) is 6.46. The summed E-state index contributed by atoms with van der Waals surface area (Å²) in [4.78, 5) is 4.44. The first-order valence-corrected chi connectivity index (χ1v) is 9.31. The number of aliphatic hydroxyl groups excluding tert-OH is 1. The van der Waals surface area contributed by atoms with Crippen molar-refractivity contribution in [3.8, 4) is 5.75 Å². The van der Waals surface area contributed by atoms with Crippen LogP contribution >= 0.6 is 0 Å². The predicted octanol–water partition coefficient (Wildman–Crippen LogP) is 3.44. The molecule has 1 aliphatic heterocycles. The van der Waals surface area contributed by atoms with Gasteiger partial charge in [-0.25, -0.2) is 0 Å². The molecule has 0 aliphatic carbocycles. The van der Waals surface area contributed by atoms with Gasteiger partial charge in [-0.2, -0.15) is 13.2 Å². The zero-order valence-electron chi connectivity index (χ0n) is 15.8. The van der Waals surface area contributed by atoms with E-state index >= 15 is 0 Å². The molecule has 0 unspecified atom stereocenters.